The van der Waals surface area contributed by atoms with Crippen LogP contribution in [0.25, 0.3) is 0 Å². The number of benzene rings is 2. The third kappa shape index (κ3) is 3.37. The summed E-state index contributed by atoms with van der Waals surface area (Å²) < 4.78 is 10.8. The summed E-state index contributed by atoms with van der Waals surface area (Å²) in [5, 5.41) is 0.603. The molecule has 156 valence electrons. The van der Waals surface area contributed by atoms with E-state index in [2.05, 4.69) is 0 Å². The highest BCUT2D eigenvalue weighted by molar-refractivity contribution is 6.31. The number of carbonyl (C=O) groups is 2. The Morgan fingerprint density at radius 1 is 1.03 bits per heavy atom. The Labute approximate surface area is 181 Å². The van der Waals surface area contributed by atoms with Crippen molar-refractivity contribution < 1.29 is 19.1 Å². The van der Waals surface area contributed by atoms with Crippen molar-refractivity contribution in [3.8, 4) is 11.5 Å². The second-order valence-electron chi connectivity index (χ2n) is 7.62. The number of ether oxygens (including phenoxy) is 2. The number of carbonyl (C=O) groups excluding carboxylic acids is 2. The largest absolute Gasteiger partial charge is 0.493 e. The Morgan fingerprint density at radius 2 is 1.80 bits per heavy atom. The van der Waals surface area contributed by atoms with E-state index in [-0.39, 0.29) is 24.0 Å². The molecule has 30 heavy (non-hydrogen) atoms. The summed E-state index contributed by atoms with van der Waals surface area (Å²) in [5.41, 5.74) is 3.99. The summed E-state index contributed by atoms with van der Waals surface area (Å²) in [6, 6.07) is 11.1. The van der Waals surface area contributed by atoms with Crippen molar-refractivity contribution in [1.82, 2.24) is 0 Å². The molecule has 4 rings (SSSR count). The summed E-state index contributed by atoms with van der Waals surface area (Å²) >= 11 is 6.32. The van der Waals surface area contributed by atoms with Crippen molar-refractivity contribution in [1.29, 1.82) is 0 Å². The van der Waals surface area contributed by atoms with Gasteiger partial charge in [0.2, 0.25) is 5.91 Å². The molecule has 1 aliphatic heterocycles. The van der Waals surface area contributed by atoms with E-state index in [1.165, 1.54) is 0 Å². The van der Waals surface area contributed by atoms with Crippen LogP contribution in [-0.2, 0) is 9.59 Å². The maximum Gasteiger partial charge on any atom is 0.232 e. The maximum atomic E-state index is 13.4. The first-order chi connectivity index (χ1) is 14.5. The lowest BCUT2D eigenvalue weighted by Crippen LogP contribution is -2.40. The number of hydrogen-bond donors (Lipinski definition) is 0. The lowest BCUT2D eigenvalue weighted by atomic mass is 9.77. The van der Waals surface area contributed by atoms with Crippen LogP contribution in [-0.4, -0.2) is 25.9 Å². The van der Waals surface area contributed by atoms with E-state index in [0.29, 0.717) is 29.4 Å². The lowest BCUT2D eigenvalue weighted by Gasteiger charge is -2.39. The molecule has 5 nitrogen and oxygen atoms in total. The fourth-order valence-electron chi connectivity index (χ4n) is 4.47. The highest BCUT2D eigenvalue weighted by Gasteiger charge is 2.40. The van der Waals surface area contributed by atoms with Gasteiger partial charge in [-0.15, -0.1) is 0 Å². The number of halogens is 1. The molecule has 0 radical (unpaired) electrons. The first-order valence-electron chi connectivity index (χ1n) is 10.0. The molecule has 2 aromatic carbocycles. The van der Waals surface area contributed by atoms with Gasteiger partial charge < -0.3 is 9.47 Å². The Bertz CT molecular complexity index is 1060. The smallest absolute Gasteiger partial charge is 0.232 e. The third-order valence-corrected chi connectivity index (χ3v) is 6.37. The summed E-state index contributed by atoms with van der Waals surface area (Å²) in [4.78, 5) is 28.1. The SMILES string of the molecule is COc1ccc(C2CC(=O)N(c3cccc(Cl)c3C)C3=C2C(=O)CCC3)cc1OC. The van der Waals surface area contributed by atoms with Crippen molar-refractivity contribution in [2.75, 3.05) is 19.1 Å². The van der Waals surface area contributed by atoms with Crippen LogP contribution in [0.4, 0.5) is 5.69 Å². The van der Waals surface area contributed by atoms with Crippen molar-refractivity contribution >= 4 is 29.0 Å². The maximum absolute atomic E-state index is 13.4. The van der Waals surface area contributed by atoms with E-state index >= 15 is 0 Å². The molecule has 2 aromatic rings. The number of rotatable bonds is 4. The number of nitrogens with zero attached hydrogens (tertiary/aromatic N) is 1. The molecular formula is C24H24ClNO4. The van der Waals surface area contributed by atoms with Crippen LogP contribution in [0.1, 0.15) is 42.7 Å². The second-order valence-corrected chi connectivity index (χ2v) is 8.03. The molecule has 0 saturated carbocycles. The zero-order chi connectivity index (χ0) is 21.4. The Hall–Kier alpha value is -2.79. The van der Waals surface area contributed by atoms with Gasteiger partial charge in [0.05, 0.1) is 19.9 Å². The molecule has 0 fully saturated rings. The van der Waals surface area contributed by atoms with E-state index in [1.807, 2.05) is 43.3 Å². The molecule has 6 heteroatoms. The molecule has 0 spiro atoms. The third-order valence-electron chi connectivity index (χ3n) is 5.97. The molecule has 0 N–H and O–H groups in total. The minimum atomic E-state index is -0.296. The van der Waals surface area contributed by atoms with Gasteiger partial charge in [0.15, 0.2) is 17.3 Å². The molecule has 1 unspecified atom stereocenters. The van der Waals surface area contributed by atoms with Crippen LogP contribution in [0.5, 0.6) is 11.5 Å². The van der Waals surface area contributed by atoms with Gasteiger partial charge in [-0.05, 0) is 55.2 Å². The Balaban J connectivity index is 1.87. The average Bonchev–Trinajstić information content (AvgIpc) is 2.75. The van der Waals surface area contributed by atoms with Crippen molar-refractivity contribution in [2.24, 2.45) is 0 Å². The molecule has 1 atom stereocenters. The fourth-order valence-corrected chi connectivity index (χ4v) is 4.63. The number of allylic oxidation sites excluding steroid dienone is 2. The molecule has 1 aliphatic carbocycles. The zero-order valence-corrected chi connectivity index (χ0v) is 18.1. The van der Waals surface area contributed by atoms with Crippen molar-refractivity contribution in [2.45, 2.75) is 38.5 Å². The van der Waals surface area contributed by atoms with Gasteiger partial charge in [0, 0.05) is 35.1 Å². The minimum absolute atomic E-state index is 0.0337. The number of anilines is 1. The molecule has 1 heterocycles. The molecule has 0 aromatic heterocycles. The quantitative estimate of drug-likeness (QED) is 0.676. The van der Waals surface area contributed by atoms with E-state index in [0.717, 1.165) is 34.5 Å². The lowest BCUT2D eigenvalue weighted by molar-refractivity contribution is -0.119. The van der Waals surface area contributed by atoms with Gasteiger partial charge >= 0.3 is 0 Å². The summed E-state index contributed by atoms with van der Waals surface area (Å²) in [5.74, 6) is 0.974. The van der Waals surface area contributed by atoms with Crippen LogP contribution in [0, 0.1) is 6.92 Å². The molecule has 1 amide bonds. The standard InChI is InChI=1S/C24H24ClNO4/c1-14-17(25)6-4-7-18(14)26-19-8-5-9-20(27)24(19)16(13-23(26)28)15-10-11-21(29-2)22(12-15)30-3/h4,6-7,10-12,16H,5,8-9,13H2,1-3H3. The minimum Gasteiger partial charge on any atom is -0.493 e. The number of hydrogen-bond acceptors (Lipinski definition) is 4. The highest BCUT2D eigenvalue weighted by Crippen LogP contribution is 2.45. The topological polar surface area (TPSA) is 55.8 Å². The predicted molar refractivity (Wildman–Crippen MR) is 116 cm³/mol. The second kappa shape index (κ2) is 8.15. The number of methoxy groups -OCH3 is 2. The fraction of sp³-hybridized carbons (Fsp3) is 0.333. The van der Waals surface area contributed by atoms with Crippen LogP contribution in [0.3, 0.4) is 0 Å². The van der Waals surface area contributed by atoms with Crippen LogP contribution >= 0.6 is 11.6 Å². The summed E-state index contributed by atoms with van der Waals surface area (Å²) in [6.07, 6.45) is 2.13. The Morgan fingerprint density at radius 3 is 2.53 bits per heavy atom. The van der Waals surface area contributed by atoms with Crippen LogP contribution in [0.15, 0.2) is 47.7 Å². The van der Waals surface area contributed by atoms with Crippen molar-refractivity contribution in [3.05, 3.63) is 63.8 Å². The summed E-state index contributed by atoms with van der Waals surface area (Å²) in [6.45, 7) is 1.90. The van der Waals surface area contributed by atoms with E-state index in [9.17, 15) is 9.59 Å². The molecule has 0 bridgehead atoms. The normalized spacial score (nSPS) is 19.1. The number of ketones is 1. The highest BCUT2D eigenvalue weighted by atomic mass is 35.5. The predicted octanol–water partition coefficient (Wildman–Crippen LogP) is 5.19. The van der Waals surface area contributed by atoms with E-state index < -0.39 is 0 Å². The van der Waals surface area contributed by atoms with Gasteiger partial charge in [-0.3, -0.25) is 14.5 Å². The molecule has 2 aliphatic rings. The van der Waals surface area contributed by atoms with Gasteiger partial charge in [0.1, 0.15) is 0 Å². The molecule has 0 saturated heterocycles. The van der Waals surface area contributed by atoms with Gasteiger partial charge in [-0.2, -0.15) is 0 Å². The van der Waals surface area contributed by atoms with Gasteiger partial charge in [0.25, 0.3) is 0 Å². The molecular weight excluding hydrogens is 402 g/mol. The monoisotopic (exact) mass is 425 g/mol. The van der Waals surface area contributed by atoms with E-state index in [4.69, 9.17) is 21.1 Å². The number of amides is 1. The first kappa shape index (κ1) is 20.5. The van der Waals surface area contributed by atoms with E-state index in [1.54, 1.807) is 19.1 Å². The summed E-state index contributed by atoms with van der Waals surface area (Å²) in [7, 11) is 3.16. The van der Waals surface area contributed by atoms with Crippen LogP contribution in [0.2, 0.25) is 5.02 Å². The Kier molecular flexibility index (Phi) is 5.56. The van der Waals surface area contributed by atoms with Gasteiger partial charge in [-0.1, -0.05) is 23.7 Å². The average molecular weight is 426 g/mol. The van der Waals surface area contributed by atoms with Crippen molar-refractivity contribution in [3.63, 3.8) is 0 Å². The van der Waals surface area contributed by atoms with Crippen LogP contribution < -0.4 is 14.4 Å². The number of Topliss-reactive ketones (excluding diaryl/α,β-unsaturated/α-hetero) is 1. The zero-order valence-electron chi connectivity index (χ0n) is 17.3. The van der Waals surface area contributed by atoms with Gasteiger partial charge in [-0.25, -0.2) is 0 Å². The first-order valence-corrected chi connectivity index (χ1v) is 10.4.